The summed E-state index contributed by atoms with van der Waals surface area (Å²) in [4.78, 5) is 0. The molecule has 0 atom stereocenters. The van der Waals surface area contributed by atoms with Crippen molar-refractivity contribution in [3.05, 3.63) is 11.9 Å². The minimum absolute atomic E-state index is 0.803. The number of nitrogens with one attached hydrogen (secondary N) is 1. The zero-order valence-corrected chi connectivity index (χ0v) is 6.15. The van der Waals surface area contributed by atoms with Crippen molar-refractivity contribution in [1.82, 2.24) is 5.32 Å². The Labute approximate surface area is 51.8 Å². The highest BCUT2D eigenvalue weighted by atomic mass is 14.8. The summed E-state index contributed by atoms with van der Waals surface area (Å²) >= 11 is 0. The van der Waals surface area contributed by atoms with Gasteiger partial charge in [0.2, 0.25) is 0 Å². The van der Waals surface area contributed by atoms with Crippen molar-refractivity contribution in [2.75, 3.05) is 7.05 Å². The zero-order chi connectivity index (χ0) is 6.99. The van der Waals surface area contributed by atoms with E-state index in [-0.39, 0.29) is 0 Å². The Hall–Kier alpha value is -0.660. The molecule has 0 saturated heterocycles. The Morgan fingerprint density at radius 2 is 1.88 bits per heavy atom. The van der Waals surface area contributed by atoms with Gasteiger partial charge in [-0.25, -0.2) is 0 Å². The Balaban J connectivity index is 0. The van der Waals surface area contributed by atoms with E-state index in [9.17, 15) is 0 Å². The van der Waals surface area contributed by atoms with Crippen LogP contribution in [0, 0.1) is 0 Å². The third-order valence-corrected chi connectivity index (χ3v) is 0.372. The molecule has 0 radical (unpaired) electrons. The molecular weight excluding hydrogens is 100 g/mol. The van der Waals surface area contributed by atoms with Gasteiger partial charge in [0.05, 0.1) is 0 Å². The fourth-order valence-corrected chi connectivity index (χ4v) is 0.228. The molecule has 0 aliphatic rings. The van der Waals surface area contributed by atoms with Crippen molar-refractivity contribution >= 4 is 0 Å². The van der Waals surface area contributed by atoms with Gasteiger partial charge in [-0.15, -0.1) is 0 Å². The quantitative estimate of drug-likeness (QED) is 0.537. The Bertz CT molecular complexity index is 53.5. The first-order valence-corrected chi connectivity index (χ1v) is 2.87. The second-order valence-corrected chi connectivity index (χ2v) is 1.18. The Morgan fingerprint density at radius 1 is 1.50 bits per heavy atom. The van der Waals surface area contributed by atoms with Gasteiger partial charge in [0.1, 0.15) is 0 Å². The van der Waals surface area contributed by atoms with Gasteiger partial charge in [-0.05, 0) is 6.92 Å². The van der Waals surface area contributed by atoms with Crippen molar-refractivity contribution in [2.24, 2.45) is 5.73 Å². The predicted molar refractivity (Wildman–Crippen MR) is 38.4 cm³/mol. The number of nitrogens with two attached hydrogens (primary N) is 1. The lowest BCUT2D eigenvalue weighted by Crippen LogP contribution is -1.99. The van der Waals surface area contributed by atoms with Crippen LogP contribution in [-0.4, -0.2) is 7.05 Å². The summed E-state index contributed by atoms with van der Waals surface area (Å²) in [6.07, 6.45) is 1.74. The summed E-state index contributed by atoms with van der Waals surface area (Å²) in [5.74, 6) is 0. The number of hydrogen-bond acceptors (Lipinski definition) is 2. The summed E-state index contributed by atoms with van der Waals surface area (Å²) in [6.45, 7) is 5.83. The predicted octanol–water partition coefficient (Wildman–Crippen LogP) is 1.05. The van der Waals surface area contributed by atoms with Gasteiger partial charge >= 0.3 is 0 Å². The first-order chi connectivity index (χ1) is 3.77. The molecule has 0 bridgehead atoms. The highest BCUT2D eigenvalue weighted by Crippen LogP contribution is 1.68. The van der Waals surface area contributed by atoms with Crippen LogP contribution in [0.5, 0.6) is 0 Å². The average molecular weight is 116 g/mol. The SMILES string of the molecule is CC.CN/C=C(/C)N. The van der Waals surface area contributed by atoms with Crippen molar-refractivity contribution in [3.8, 4) is 0 Å². The van der Waals surface area contributed by atoms with E-state index < -0.39 is 0 Å². The lowest BCUT2D eigenvalue weighted by Gasteiger charge is -1.85. The molecule has 2 nitrogen and oxygen atoms in total. The summed E-state index contributed by atoms with van der Waals surface area (Å²) < 4.78 is 0. The van der Waals surface area contributed by atoms with Crippen molar-refractivity contribution in [3.63, 3.8) is 0 Å². The lowest BCUT2D eigenvalue weighted by atomic mass is 10.6. The molecule has 0 heterocycles. The van der Waals surface area contributed by atoms with Gasteiger partial charge in [0, 0.05) is 18.9 Å². The van der Waals surface area contributed by atoms with Crippen LogP contribution in [0.1, 0.15) is 20.8 Å². The molecule has 0 aliphatic heterocycles. The highest BCUT2D eigenvalue weighted by molar-refractivity contribution is 4.87. The van der Waals surface area contributed by atoms with Crippen LogP contribution in [-0.2, 0) is 0 Å². The van der Waals surface area contributed by atoms with E-state index in [4.69, 9.17) is 5.73 Å². The largest absolute Gasteiger partial charge is 0.401 e. The molecule has 0 rings (SSSR count). The van der Waals surface area contributed by atoms with Crippen LogP contribution in [0.2, 0.25) is 0 Å². The third-order valence-electron chi connectivity index (χ3n) is 0.372. The van der Waals surface area contributed by atoms with Crippen LogP contribution in [0.25, 0.3) is 0 Å². The maximum Gasteiger partial charge on any atom is 0.0208 e. The molecule has 0 aliphatic carbocycles. The molecule has 0 aromatic carbocycles. The standard InChI is InChI=1S/C4H10N2.C2H6/c1-4(5)3-6-2;1-2/h3,6H,5H2,1-2H3;1-2H3/b4-3-;. The van der Waals surface area contributed by atoms with Gasteiger partial charge in [-0.3, -0.25) is 0 Å². The fourth-order valence-electron chi connectivity index (χ4n) is 0.228. The first kappa shape index (κ1) is 10.3. The zero-order valence-electron chi connectivity index (χ0n) is 6.15. The average Bonchev–Trinajstić information content (AvgIpc) is 1.72. The molecular formula is C6H16N2. The van der Waals surface area contributed by atoms with Gasteiger partial charge < -0.3 is 11.1 Å². The summed E-state index contributed by atoms with van der Waals surface area (Å²) in [5.41, 5.74) is 6.00. The maximum atomic E-state index is 5.20. The molecule has 0 saturated carbocycles. The fraction of sp³-hybridized carbons (Fsp3) is 0.667. The van der Waals surface area contributed by atoms with E-state index in [0.717, 1.165) is 5.70 Å². The van der Waals surface area contributed by atoms with Gasteiger partial charge in [-0.2, -0.15) is 0 Å². The molecule has 0 amide bonds. The van der Waals surface area contributed by atoms with Crippen LogP contribution < -0.4 is 11.1 Å². The lowest BCUT2D eigenvalue weighted by molar-refractivity contribution is 1.06. The maximum absolute atomic E-state index is 5.20. The van der Waals surface area contributed by atoms with Crippen LogP contribution >= 0.6 is 0 Å². The molecule has 8 heavy (non-hydrogen) atoms. The van der Waals surface area contributed by atoms with E-state index >= 15 is 0 Å². The Kier molecular flexibility index (Phi) is 12.4. The third kappa shape index (κ3) is 18.4. The van der Waals surface area contributed by atoms with Crippen LogP contribution in [0.15, 0.2) is 11.9 Å². The molecule has 3 N–H and O–H groups in total. The number of rotatable bonds is 1. The van der Waals surface area contributed by atoms with Gasteiger partial charge in [-0.1, -0.05) is 13.8 Å². The molecule has 0 aromatic heterocycles. The van der Waals surface area contributed by atoms with Gasteiger partial charge in [0.15, 0.2) is 0 Å². The molecule has 0 spiro atoms. The summed E-state index contributed by atoms with van der Waals surface area (Å²) in [6, 6.07) is 0. The van der Waals surface area contributed by atoms with Crippen LogP contribution in [0.4, 0.5) is 0 Å². The molecule has 0 unspecified atom stereocenters. The second kappa shape index (κ2) is 9.60. The minimum Gasteiger partial charge on any atom is -0.401 e. The van der Waals surface area contributed by atoms with E-state index in [1.54, 1.807) is 6.20 Å². The number of allylic oxidation sites excluding steroid dienone is 1. The molecule has 0 aromatic rings. The number of hydrogen-bond donors (Lipinski definition) is 2. The molecule has 50 valence electrons. The van der Waals surface area contributed by atoms with Crippen molar-refractivity contribution in [1.29, 1.82) is 0 Å². The first-order valence-electron chi connectivity index (χ1n) is 2.87. The van der Waals surface area contributed by atoms with E-state index in [0.29, 0.717) is 0 Å². The Morgan fingerprint density at radius 3 is 1.88 bits per heavy atom. The normalized spacial score (nSPS) is 9.25. The summed E-state index contributed by atoms with van der Waals surface area (Å²) in [7, 11) is 1.82. The van der Waals surface area contributed by atoms with E-state index in [2.05, 4.69) is 5.32 Å². The van der Waals surface area contributed by atoms with Crippen LogP contribution in [0.3, 0.4) is 0 Å². The van der Waals surface area contributed by atoms with Crippen molar-refractivity contribution in [2.45, 2.75) is 20.8 Å². The monoisotopic (exact) mass is 116 g/mol. The topological polar surface area (TPSA) is 38.0 Å². The van der Waals surface area contributed by atoms with E-state index in [1.165, 1.54) is 0 Å². The minimum atomic E-state index is 0.803. The van der Waals surface area contributed by atoms with E-state index in [1.807, 2.05) is 27.8 Å². The van der Waals surface area contributed by atoms with Gasteiger partial charge in [0.25, 0.3) is 0 Å². The molecule has 2 heteroatoms. The highest BCUT2D eigenvalue weighted by Gasteiger charge is 1.65. The second-order valence-electron chi connectivity index (χ2n) is 1.18. The summed E-state index contributed by atoms with van der Waals surface area (Å²) in [5, 5.41) is 2.78. The smallest absolute Gasteiger partial charge is 0.0208 e. The molecule has 0 fully saturated rings. The van der Waals surface area contributed by atoms with Crippen molar-refractivity contribution < 1.29 is 0 Å².